The maximum atomic E-state index is 5.51. The molecular formula is C20H20N6O. The Kier molecular flexibility index (Phi) is 3.11. The average molecular weight is 360 g/mol. The molecular weight excluding hydrogens is 340 g/mol. The molecule has 6 rings (SSSR count). The molecule has 0 aromatic carbocycles. The number of hydrogen-bond donors (Lipinski definition) is 0. The summed E-state index contributed by atoms with van der Waals surface area (Å²) in [6.07, 6.45) is 9.00. The van der Waals surface area contributed by atoms with Gasteiger partial charge in [-0.2, -0.15) is 10.2 Å². The molecule has 0 aliphatic carbocycles. The Bertz CT molecular complexity index is 1120. The maximum absolute atomic E-state index is 5.51. The van der Waals surface area contributed by atoms with Crippen molar-refractivity contribution in [1.82, 2.24) is 29.3 Å². The first-order valence-electron chi connectivity index (χ1n) is 9.42. The minimum absolute atomic E-state index is 0.404. The van der Waals surface area contributed by atoms with Gasteiger partial charge in [0.25, 0.3) is 0 Å². The van der Waals surface area contributed by atoms with Crippen molar-refractivity contribution in [2.75, 3.05) is 0 Å². The van der Waals surface area contributed by atoms with E-state index in [-0.39, 0.29) is 0 Å². The van der Waals surface area contributed by atoms with E-state index < -0.39 is 0 Å². The normalized spacial score (nSPS) is 21.8. The molecule has 1 fully saturated rings. The highest BCUT2D eigenvalue weighted by molar-refractivity contribution is 5.59. The van der Waals surface area contributed by atoms with Crippen LogP contribution in [0.5, 0.6) is 0 Å². The molecule has 4 aromatic rings. The molecule has 0 saturated carbocycles. The molecule has 0 unspecified atom stereocenters. The molecule has 0 spiro atoms. The van der Waals surface area contributed by atoms with Crippen molar-refractivity contribution in [1.29, 1.82) is 0 Å². The molecule has 136 valence electrons. The molecule has 0 radical (unpaired) electrons. The van der Waals surface area contributed by atoms with Crippen molar-refractivity contribution in [3.63, 3.8) is 0 Å². The fourth-order valence-corrected chi connectivity index (χ4v) is 4.72. The number of aromatic nitrogens is 5. The third-order valence-corrected chi connectivity index (χ3v) is 6.09. The summed E-state index contributed by atoms with van der Waals surface area (Å²) in [6, 6.07) is 8.88. The predicted molar refractivity (Wildman–Crippen MR) is 98.9 cm³/mol. The predicted octanol–water partition coefficient (Wildman–Crippen LogP) is 2.98. The van der Waals surface area contributed by atoms with Crippen LogP contribution >= 0.6 is 0 Å². The summed E-state index contributed by atoms with van der Waals surface area (Å²) in [4.78, 5) is 7.32. The average Bonchev–Trinajstić information content (AvgIpc) is 3.43. The van der Waals surface area contributed by atoms with Crippen molar-refractivity contribution in [2.45, 2.75) is 37.9 Å². The van der Waals surface area contributed by atoms with E-state index >= 15 is 0 Å². The Hall–Kier alpha value is -2.93. The van der Waals surface area contributed by atoms with Crippen molar-refractivity contribution in [2.24, 2.45) is 7.05 Å². The third kappa shape index (κ3) is 2.21. The zero-order valence-electron chi connectivity index (χ0n) is 15.1. The topological polar surface area (TPSA) is 64.4 Å². The Balaban J connectivity index is 1.42. The van der Waals surface area contributed by atoms with Crippen LogP contribution in [-0.2, 0) is 20.0 Å². The van der Waals surface area contributed by atoms with E-state index in [1.165, 1.54) is 29.8 Å². The van der Waals surface area contributed by atoms with Gasteiger partial charge in [0, 0.05) is 56.1 Å². The molecule has 2 atom stereocenters. The monoisotopic (exact) mass is 360 g/mol. The van der Waals surface area contributed by atoms with Gasteiger partial charge in [-0.05, 0) is 31.0 Å². The lowest BCUT2D eigenvalue weighted by molar-refractivity contribution is 0.161. The van der Waals surface area contributed by atoms with Gasteiger partial charge in [0.2, 0.25) is 0 Å². The summed E-state index contributed by atoms with van der Waals surface area (Å²) in [5.74, 6) is 0.783. The lowest BCUT2D eigenvalue weighted by Gasteiger charge is -2.36. The highest BCUT2D eigenvalue weighted by atomic mass is 16.3. The van der Waals surface area contributed by atoms with Crippen LogP contribution in [0.1, 0.15) is 35.8 Å². The van der Waals surface area contributed by atoms with Gasteiger partial charge in [0.1, 0.15) is 5.69 Å². The number of furan rings is 1. The van der Waals surface area contributed by atoms with Crippen LogP contribution in [0.25, 0.3) is 17.1 Å². The second kappa shape index (κ2) is 5.53. The van der Waals surface area contributed by atoms with Gasteiger partial charge in [-0.25, -0.2) is 9.50 Å². The van der Waals surface area contributed by atoms with E-state index in [9.17, 15) is 0 Å². The van der Waals surface area contributed by atoms with E-state index in [1.54, 1.807) is 6.26 Å². The number of aryl methyl sites for hydroxylation is 1. The summed E-state index contributed by atoms with van der Waals surface area (Å²) in [5.41, 5.74) is 5.59. The SMILES string of the molecule is Cn1nccc1CN1[C@@H]2CC[C@@H]1c1cnc3cc(-c4ccco4)nn3c1C2. The lowest BCUT2D eigenvalue weighted by atomic mass is 9.99. The first kappa shape index (κ1) is 15.2. The van der Waals surface area contributed by atoms with Crippen LogP contribution in [0.2, 0.25) is 0 Å². The fourth-order valence-electron chi connectivity index (χ4n) is 4.72. The summed E-state index contributed by atoms with van der Waals surface area (Å²) >= 11 is 0. The minimum Gasteiger partial charge on any atom is -0.463 e. The molecule has 27 heavy (non-hydrogen) atoms. The largest absolute Gasteiger partial charge is 0.463 e. The van der Waals surface area contributed by atoms with E-state index in [0.29, 0.717) is 12.1 Å². The lowest BCUT2D eigenvalue weighted by Crippen LogP contribution is -2.38. The highest BCUT2D eigenvalue weighted by Crippen LogP contribution is 2.44. The molecule has 4 aromatic heterocycles. The second-order valence-corrected chi connectivity index (χ2v) is 7.51. The Morgan fingerprint density at radius 2 is 2.22 bits per heavy atom. The van der Waals surface area contributed by atoms with Crippen molar-refractivity contribution in [3.05, 3.63) is 59.9 Å². The smallest absolute Gasteiger partial charge is 0.155 e. The summed E-state index contributed by atoms with van der Waals surface area (Å²) in [6.45, 7) is 0.931. The zero-order valence-corrected chi connectivity index (χ0v) is 15.1. The number of fused-ring (bicyclic) bond motifs is 6. The van der Waals surface area contributed by atoms with Crippen LogP contribution in [0.4, 0.5) is 0 Å². The van der Waals surface area contributed by atoms with Crippen molar-refractivity contribution in [3.8, 4) is 11.5 Å². The summed E-state index contributed by atoms with van der Waals surface area (Å²) in [5, 5.41) is 9.13. The Morgan fingerprint density at radius 3 is 3.04 bits per heavy atom. The molecule has 1 saturated heterocycles. The van der Waals surface area contributed by atoms with Crippen LogP contribution in [0, 0.1) is 0 Å². The van der Waals surface area contributed by atoms with Crippen molar-refractivity contribution >= 4 is 5.65 Å². The van der Waals surface area contributed by atoms with Gasteiger partial charge in [0.15, 0.2) is 11.4 Å². The summed E-state index contributed by atoms with van der Waals surface area (Å²) in [7, 11) is 2.01. The first-order valence-corrected chi connectivity index (χ1v) is 9.42. The van der Waals surface area contributed by atoms with Crippen LogP contribution < -0.4 is 0 Å². The van der Waals surface area contributed by atoms with Gasteiger partial charge >= 0.3 is 0 Å². The number of rotatable bonds is 3. The molecule has 2 aliphatic heterocycles. The van der Waals surface area contributed by atoms with E-state index in [4.69, 9.17) is 14.5 Å². The Labute approximate surface area is 156 Å². The van der Waals surface area contributed by atoms with E-state index in [1.807, 2.05) is 40.6 Å². The standard InChI is InChI=1S/C20H20N6O/c1-24-14(6-7-22-24)12-25-13-4-5-17(25)15-11-21-20-10-16(19-3-2-8-27-19)23-26(20)18(15)9-13/h2-3,6-8,10-11,13,17H,4-5,9,12H2,1H3/t13-,17-/m1/s1. The second-order valence-electron chi connectivity index (χ2n) is 7.51. The van der Waals surface area contributed by atoms with Crippen LogP contribution in [-0.4, -0.2) is 35.3 Å². The molecule has 0 N–H and O–H groups in total. The van der Waals surface area contributed by atoms with Crippen LogP contribution in [0.15, 0.2) is 47.3 Å². The van der Waals surface area contributed by atoms with E-state index in [2.05, 4.69) is 22.3 Å². The molecule has 2 bridgehead atoms. The zero-order chi connectivity index (χ0) is 18.0. The Morgan fingerprint density at radius 1 is 1.26 bits per heavy atom. The van der Waals surface area contributed by atoms with Crippen molar-refractivity contribution < 1.29 is 4.42 Å². The maximum Gasteiger partial charge on any atom is 0.155 e. The third-order valence-electron chi connectivity index (χ3n) is 6.09. The quantitative estimate of drug-likeness (QED) is 0.562. The van der Waals surface area contributed by atoms with Gasteiger partial charge in [-0.1, -0.05) is 0 Å². The molecule has 7 nitrogen and oxygen atoms in total. The molecule has 7 heteroatoms. The first-order chi connectivity index (χ1) is 13.3. The molecule has 2 aliphatic rings. The van der Waals surface area contributed by atoms with Gasteiger partial charge in [0.05, 0.1) is 17.7 Å². The fraction of sp³-hybridized carbons (Fsp3) is 0.350. The van der Waals surface area contributed by atoms with Gasteiger partial charge in [-0.3, -0.25) is 9.58 Å². The number of hydrogen-bond acceptors (Lipinski definition) is 5. The van der Waals surface area contributed by atoms with Gasteiger partial charge in [-0.15, -0.1) is 0 Å². The molecule has 6 heterocycles. The minimum atomic E-state index is 0.404. The molecule has 0 amide bonds. The highest BCUT2D eigenvalue weighted by Gasteiger charge is 2.41. The van der Waals surface area contributed by atoms with Gasteiger partial charge < -0.3 is 4.42 Å². The van der Waals surface area contributed by atoms with Crippen LogP contribution in [0.3, 0.4) is 0 Å². The summed E-state index contributed by atoms with van der Waals surface area (Å²) < 4.78 is 9.51. The number of nitrogens with zero attached hydrogens (tertiary/aromatic N) is 6. The van der Waals surface area contributed by atoms with E-state index in [0.717, 1.165) is 30.1 Å².